The summed E-state index contributed by atoms with van der Waals surface area (Å²) in [7, 11) is -8.10. The Morgan fingerprint density at radius 2 is 1.05 bits per heavy atom. The summed E-state index contributed by atoms with van der Waals surface area (Å²) in [5, 5.41) is 5.14. The number of carbonyl (C=O) groups is 1. The Kier molecular flexibility index (Phi) is 7.46. The van der Waals surface area contributed by atoms with Gasteiger partial charge in [-0.25, -0.2) is 4.79 Å². The lowest BCUT2D eigenvalue weighted by Crippen LogP contribution is -2.19. The Balaban J connectivity index is 1.41. The van der Waals surface area contributed by atoms with E-state index in [2.05, 4.69) is 10.6 Å². The van der Waals surface area contributed by atoms with Crippen molar-refractivity contribution in [3.8, 4) is 11.5 Å². The molecule has 0 aliphatic carbocycles. The van der Waals surface area contributed by atoms with Crippen LogP contribution in [0.5, 0.6) is 11.5 Å². The second-order valence-electron chi connectivity index (χ2n) is 7.84. The van der Waals surface area contributed by atoms with Gasteiger partial charge in [-0.3, -0.25) is 0 Å². The summed E-state index contributed by atoms with van der Waals surface area (Å²) in [5.74, 6) is 0.0262. The highest BCUT2D eigenvalue weighted by Crippen LogP contribution is 2.24. The molecule has 37 heavy (non-hydrogen) atoms. The fourth-order valence-electron chi connectivity index (χ4n) is 3.19. The number of rotatable bonds is 8. The van der Waals surface area contributed by atoms with Crippen LogP contribution in [-0.4, -0.2) is 22.9 Å². The summed E-state index contributed by atoms with van der Waals surface area (Å²) in [6, 6.07) is 25.0. The topological polar surface area (TPSA) is 128 Å². The summed E-state index contributed by atoms with van der Waals surface area (Å²) in [6.07, 6.45) is 0. The smallest absolute Gasteiger partial charge is 0.339 e. The molecule has 0 aromatic heterocycles. The summed E-state index contributed by atoms with van der Waals surface area (Å²) in [5.41, 5.74) is 1.45. The summed E-state index contributed by atoms with van der Waals surface area (Å²) >= 11 is 0. The van der Waals surface area contributed by atoms with E-state index in [4.69, 9.17) is 8.37 Å². The zero-order valence-corrected chi connectivity index (χ0v) is 21.1. The number of anilines is 2. The largest absolute Gasteiger partial charge is 0.379 e. The highest BCUT2D eigenvalue weighted by molar-refractivity contribution is 7.87. The molecule has 0 bridgehead atoms. The van der Waals surface area contributed by atoms with Crippen LogP contribution >= 0.6 is 0 Å². The van der Waals surface area contributed by atoms with Crippen LogP contribution in [0, 0.1) is 6.92 Å². The maximum absolute atomic E-state index is 12.5. The Labute approximate surface area is 214 Å². The van der Waals surface area contributed by atoms with Crippen molar-refractivity contribution in [1.82, 2.24) is 0 Å². The number of hydrogen-bond acceptors (Lipinski definition) is 7. The Morgan fingerprint density at radius 1 is 0.595 bits per heavy atom. The van der Waals surface area contributed by atoms with Crippen LogP contribution in [0.3, 0.4) is 0 Å². The van der Waals surface area contributed by atoms with Crippen LogP contribution in [-0.2, 0) is 20.2 Å². The molecule has 0 unspecified atom stereocenters. The predicted molar refractivity (Wildman–Crippen MR) is 139 cm³/mol. The third kappa shape index (κ3) is 6.87. The van der Waals surface area contributed by atoms with Gasteiger partial charge in [0.05, 0.1) is 0 Å². The van der Waals surface area contributed by atoms with E-state index in [1.54, 1.807) is 42.5 Å². The van der Waals surface area contributed by atoms with Crippen LogP contribution in [0.4, 0.5) is 16.2 Å². The van der Waals surface area contributed by atoms with Gasteiger partial charge in [-0.05, 0) is 55.5 Å². The van der Waals surface area contributed by atoms with Gasteiger partial charge in [-0.1, -0.05) is 48.0 Å². The highest BCUT2D eigenvalue weighted by Gasteiger charge is 2.18. The normalized spacial score (nSPS) is 11.4. The van der Waals surface area contributed by atoms with Crippen molar-refractivity contribution in [3.05, 3.63) is 109 Å². The second-order valence-corrected chi connectivity index (χ2v) is 10.9. The molecular formula is C26H22N2O7S2. The summed E-state index contributed by atoms with van der Waals surface area (Å²) < 4.78 is 60.3. The maximum Gasteiger partial charge on any atom is 0.339 e. The fraction of sp³-hybridized carbons (Fsp3) is 0.0385. The number of carbonyl (C=O) groups excluding carboxylic acids is 1. The van der Waals surface area contributed by atoms with Gasteiger partial charge >= 0.3 is 26.3 Å². The SMILES string of the molecule is Cc1ccc(S(=O)(=O)Oc2cccc(NC(=O)Nc3cccc(OS(=O)(=O)c4ccccc4)c3)c2)cc1. The van der Waals surface area contributed by atoms with E-state index in [9.17, 15) is 21.6 Å². The molecule has 4 aromatic rings. The van der Waals surface area contributed by atoms with E-state index in [-0.39, 0.29) is 32.7 Å². The van der Waals surface area contributed by atoms with Crippen LogP contribution < -0.4 is 19.0 Å². The number of nitrogens with one attached hydrogen (secondary N) is 2. The minimum Gasteiger partial charge on any atom is -0.379 e. The number of aryl methyl sites for hydroxylation is 1. The average Bonchev–Trinajstić information content (AvgIpc) is 2.85. The molecule has 11 heteroatoms. The lowest BCUT2D eigenvalue weighted by atomic mass is 10.2. The van der Waals surface area contributed by atoms with Gasteiger partial charge in [-0.2, -0.15) is 16.8 Å². The minimum atomic E-state index is -4.06. The van der Waals surface area contributed by atoms with E-state index in [0.29, 0.717) is 0 Å². The van der Waals surface area contributed by atoms with E-state index in [1.807, 2.05) is 6.92 Å². The predicted octanol–water partition coefficient (Wildman–Crippen LogP) is 5.17. The molecule has 0 aliphatic heterocycles. The van der Waals surface area contributed by atoms with E-state index in [0.717, 1.165) is 5.56 Å². The van der Waals surface area contributed by atoms with Crippen LogP contribution in [0.2, 0.25) is 0 Å². The van der Waals surface area contributed by atoms with Crippen LogP contribution in [0.15, 0.2) is 113 Å². The lowest BCUT2D eigenvalue weighted by Gasteiger charge is -2.11. The van der Waals surface area contributed by atoms with Gasteiger partial charge in [0.1, 0.15) is 21.3 Å². The number of hydrogen-bond donors (Lipinski definition) is 2. The molecule has 2 N–H and O–H groups in total. The fourth-order valence-corrected chi connectivity index (χ4v) is 5.05. The average molecular weight is 539 g/mol. The molecule has 0 fully saturated rings. The molecule has 0 saturated heterocycles. The van der Waals surface area contributed by atoms with Crippen molar-refractivity contribution in [2.24, 2.45) is 0 Å². The van der Waals surface area contributed by atoms with Gasteiger partial charge in [0, 0.05) is 23.5 Å². The first-order valence-corrected chi connectivity index (χ1v) is 13.7. The molecule has 0 heterocycles. The first-order chi connectivity index (χ1) is 17.6. The third-order valence-corrected chi connectivity index (χ3v) is 7.46. The molecule has 0 radical (unpaired) electrons. The van der Waals surface area contributed by atoms with E-state index in [1.165, 1.54) is 60.7 Å². The van der Waals surface area contributed by atoms with Gasteiger partial charge in [0.15, 0.2) is 0 Å². The Morgan fingerprint density at radius 3 is 1.54 bits per heavy atom. The number of urea groups is 1. The van der Waals surface area contributed by atoms with Crippen molar-refractivity contribution < 1.29 is 30.0 Å². The minimum absolute atomic E-state index is 0.00222. The number of benzene rings is 4. The molecule has 4 rings (SSSR count). The molecule has 0 atom stereocenters. The molecular weight excluding hydrogens is 516 g/mol. The Bertz CT molecular complexity index is 1620. The maximum atomic E-state index is 12.5. The van der Waals surface area contributed by atoms with Gasteiger partial charge < -0.3 is 19.0 Å². The second kappa shape index (κ2) is 10.7. The molecule has 4 aromatic carbocycles. The summed E-state index contributed by atoms with van der Waals surface area (Å²) in [6.45, 7) is 1.84. The zero-order chi connectivity index (χ0) is 26.5. The molecule has 2 amide bonds. The summed E-state index contributed by atoms with van der Waals surface area (Å²) in [4.78, 5) is 12.5. The number of amides is 2. The Hall–Kier alpha value is -4.35. The highest BCUT2D eigenvalue weighted by atomic mass is 32.2. The third-order valence-electron chi connectivity index (χ3n) is 4.94. The van der Waals surface area contributed by atoms with Crippen molar-refractivity contribution in [2.75, 3.05) is 10.6 Å². The molecule has 0 spiro atoms. The van der Waals surface area contributed by atoms with Crippen molar-refractivity contribution >= 4 is 37.6 Å². The van der Waals surface area contributed by atoms with E-state index < -0.39 is 26.3 Å². The van der Waals surface area contributed by atoms with Crippen molar-refractivity contribution in [2.45, 2.75) is 16.7 Å². The monoisotopic (exact) mass is 538 g/mol. The van der Waals surface area contributed by atoms with Crippen molar-refractivity contribution in [3.63, 3.8) is 0 Å². The van der Waals surface area contributed by atoms with Gasteiger partial charge in [-0.15, -0.1) is 0 Å². The molecule has 0 saturated carbocycles. The standard InChI is InChI=1S/C26H22N2O7S2/c1-19-13-15-25(16-14-19)37(32,33)35-23-10-6-8-21(18-23)28-26(29)27-20-7-5-9-22(17-20)34-36(30,31)24-11-3-2-4-12-24/h2-18H,1H3,(H2,27,28,29). The quantitative estimate of drug-likeness (QED) is 0.296. The van der Waals surface area contributed by atoms with E-state index >= 15 is 0 Å². The lowest BCUT2D eigenvalue weighted by molar-refractivity contribution is 0.262. The van der Waals surface area contributed by atoms with Crippen LogP contribution in [0.25, 0.3) is 0 Å². The first kappa shape index (κ1) is 25.7. The molecule has 190 valence electrons. The van der Waals surface area contributed by atoms with Gasteiger partial charge in [0.2, 0.25) is 0 Å². The molecule has 9 nitrogen and oxygen atoms in total. The zero-order valence-electron chi connectivity index (χ0n) is 19.5. The van der Waals surface area contributed by atoms with Gasteiger partial charge in [0.25, 0.3) is 0 Å². The molecule has 0 aliphatic rings. The first-order valence-electron chi connectivity index (χ1n) is 10.9. The van der Waals surface area contributed by atoms with Crippen LogP contribution in [0.1, 0.15) is 5.56 Å². The van der Waals surface area contributed by atoms with Crippen molar-refractivity contribution in [1.29, 1.82) is 0 Å².